The van der Waals surface area contributed by atoms with Crippen LogP contribution in [-0.2, 0) is 9.09 Å². The lowest BCUT2D eigenvalue weighted by Gasteiger charge is -2.13. The van der Waals surface area contributed by atoms with Crippen molar-refractivity contribution in [2.24, 2.45) is 5.92 Å². The van der Waals surface area contributed by atoms with Gasteiger partial charge in [-0.1, -0.05) is 76.0 Å². The molecule has 0 saturated carbocycles. The van der Waals surface area contributed by atoms with Crippen LogP contribution in [0.15, 0.2) is 36.5 Å². The maximum Gasteiger partial charge on any atom is 0.316 e. The van der Waals surface area contributed by atoms with E-state index in [1.54, 1.807) is 0 Å². The Balaban J connectivity index is 3.44. The molecule has 0 heterocycles. The van der Waals surface area contributed by atoms with E-state index in [1.165, 1.54) is 25.7 Å². The van der Waals surface area contributed by atoms with E-state index in [0.717, 1.165) is 38.5 Å². The summed E-state index contributed by atoms with van der Waals surface area (Å²) in [5.74, 6) is 0.421. The molecule has 2 atom stereocenters. The van der Waals surface area contributed by atoms with Crippen molar-refractivity contribution in [3.63, 3.8) is 0 Å². The van der Waals surface area contributed by atoms with Crippen LogP contribution in [0.5, 0.6) is 0 Å². The number of hydrogen-bond donors (Lipinski definition) is 1. The van der Waals surface area contributed by atoms with Crippen molar-refractivity contribution in [2.75, 3.05) is 6.61 Å². The zero-order valence-electron chi connectivity index (χ0n) is 15.6. The molecule has 0 bridgehead atoms. The third-order valence-corrected chi connectivity index (χ3v) is 4.45. The molecule has 24 heavy (non-hydrogen) atoms. The highest BCUT2D eigenvalue weighted by Crippen LogP contribution is 2.21. The highest BCUT2D eigenvalue weighted by Gasteiger charge is 2.07. The van der Waals surface area contributed by atoms with E-state index in [2.05, 4.69) is 50.3 Å². The SMILES string of the molecule is CC/C=C\C/C=C\C/C=C\CCCCCCC(CC)CO[PH](=O)O. The summed E-state index contributed by atoms with van der Waals surface area (Å²) in [4.78, 5) is 8.70. The lowest BCUT2D eigenvalue weighted by molar-refractivity contribution is 0.217. The van der Waals surface area contributed by atoms with Crippen molar-refractivity contribution in [3.05, 3.63) is 36.5 Å². The molecule has 1 N–H and O–H groups in total. The molecular formula is C20H37O3P. The lowest BCUT2D eigenvalue weighted by atomic mass is 9.99. The smallest absolute Gasteiger partial charge is 0.316 e. The van der Waals surface area contributed by atoms with Crippen LogP contribution in [0.2, 0.25) is 0 Å². The molecular weight excluding hydrogens is 319 g/mol. The Morgan fingerprint density at radius 3 is 2.17 bits per heavy atom. The summed E-state index contributed by atoms with van der Waals surface area (Å²) < 4.78 is 15.4. The van der Waals surface area contributed by atoms with Crippen molar-refractivity contribution in [3.8, 4) is 0 Å². The Morgan fingerprint density at radius 2 is 1.54 bits per heavy atom. The van der Waals surface area contributed by atoms with Gasteiger partial charge in [0.2, 0.25) is 0 Å². The monoisotopic (exact) mass is 356 g/mol. The molecule has 2 unspecified atom stereocenters. The summed E-state index contributed by atoms with van der Waals surface area (Å²) in [5, 5.41) is 0. The average molecular weight is 356 g/mol. The molecule has 0 rings (SSSR count). The third-order valence-electron chi connectivity index (χ3n) is 4.03. The minimum atomic E-state index is -2.76. The molecule has 0 aliphatic heterocycles. The van der Waals surface area contributed by atoms with E-state index in [4.69, 9.17) is 9.42 Å². The van der Waals surface area contributed by atoms with Crippen LogP contribution in [-0.4, -0.2) is 11.5 Å². The summed E-state index contributed by atoms with van der Waals surface area (Å²) in [6.45, 7) is 4.69. The van der Waals surface area contributed by atoms with Gasteiger partial charge >= 0.3 is 8.25 Å². The predicted octanol–water partition coefficient (Wildman–Crippen LogP) is 6.61. The van der Waals surface area contributed by atoms with Gasteiger partial charge in [0, 0.05) is 0 Å². The Kier molecular flexibility index (Phi) is 18.2. The largest absolute Gasteiger partial charge is 0.326 e. The van der Waals surface area contributed by atoms with Gasteiger partial charge in [-0.15, -0.1) is 0 Å². The normalized spacial score (nSPS) is 15.0. The Hall–Kier alpha value is -0.630. The summed E-state index contributed by atoms with van der Waals surface area (Å²) in [7, 11) is -2.76. The van der Waals surface area contributed by atoms with E-state index in [0.29, 0.717) is 12.5 Å². The Bertz CT molecular complexity index is 375. The van der Waals surface area contributed by atoms with Crippen LogP contribution in [0.4, 0.5) is 0 Å². The van der Waals surface area contributed by atoms with Gasteiger partial charge in [-0.05, 0) is 44.4 Å². The van der Waals surface area contributed by atoms with Crippen LogP contribution in [0.3, 0.4) is 0 Å². The molecule has 4 heteroatoms. The van der Waals surface area contributed by atoms with Crippen molar-refractivity contribution < 1.29 is 14.0 Å². The average Bonchev–Trinajstić information content (AvgIpc) is 2.57. The van der Waals surface area contributed by atoms with E-state index < -0.39 is 8.25 Å². The van der Waals surface area contributed by atoms with Crippen LogP contribution < -0.4 is 0 Å². The molecule has 140 valence electrons. The van der Waals surface area contributed by atoms with Crippen molar-refractivity contribution in [1.82, 2.24) is 0 Å². The fourth-order valence-electron chi connectivity index (χ4n) is 2.47. The van der Waals surface area contributed by atoms with Crippen molar-refractivity contribution in [2.45, 2.75) is 78.1 Å². The van der Waals surface area contributed by atoms with E-state index in [9.17, 15) is 4.57 Å². The number of unbranched alkanes of at least 4 members (excludes halogenated alkanes) is 4. The minimum Gasteiger partial charge on any atom is -0.326 e. The second kappa shape index (κ2) is 18.7. The standard InChI is InChI=1S/C20H37O3P/c1-3-5-6-7-8-9-10-11-12-13-14-15-16-17-18-20(4-2)19-23-24(21)22/h5-6,8-9,11-12,20,24H,3-4,7,10,13-19H2,1-2H3,(H,21,22)/b6-5-,9-8-,12-11-. The summed E-state index contributed by atoms with van der Waals surface area (Å²) in [6.07, 6.45) is 24.8. The topological polar surface area (TPSA) is 46.5 Å². The molecule has 0 aromatic heterocycles. The number of allylic oxidation sites excluding steroid dienone is 6. The first kappa shape index (κ1) is 23.4. The zero-order valence-corrected chi connectivity index (χ0v) is 16.6. The quantitative estimate of drug-likeness (QED) is 0.192. The molecule has 3 nitrogen and oxygen atoms in total. The maximum absolute atomic E-state index is 10.6. The number of hydrogen-bond acceptors (Lipinski definition) is 2. The second-order valence-electron chi connectivity index (χ2n) is 6.14. The van der Waals surface area contributed by atoms with Crippen molar-refractivity contribution >= 4 is 8.25 Å². The third kappa shape index (κ3) is 17.7. The minimum absolute atomic E-state index is 0.421. The molecule has 0 aromatic carbocycles. The summed E-state index contributed by atoms with van der Waals surface area (Å²) >= 11 is 0. The molecule has 0 aliphatic rings. The fraction of sp³-hybridized carbons (Fsp3) is 0.700. The Labute approximate surface area is 149 Å². The van der Waals surface area contributed by atoms with Gasteiger partial charge in [0.15, 0.2) is 0 Å². The second-order valence-corrected chi connectivity index (χ2v) is 6.96. The van der Waals surface area contributed by atoms with Crippen LogP contribution in [0, 0.1) is 5.92 Å². The maximum atomic E-state index is 10.6. The molecule has 0 saturated heterocycles. The molecule has 0 aliphatic carbocycles. The Morgan fingerprint density at radius 1 is 0.917 bits per heavy atom. The van der Waals surface area contributed by atoms with Gasteiger partial charge in [0.25, 0.3) is 0 Å². The fourth-order valence-corrected chi connectivity index (χ4v) is 2.85. The number of rotatable bonds is 16. The van der Waals surface area contributed by atoms with Gasteiger partial charge in [-0.3, -0.25) is 4.57 Å². The van der Waals surface area contributed by atoms with Gasteiger partial charge in [-0.2, -0.15) is 0 Å². The first-order chi connectivity index (χ1) is 11.7. The van der Waals surface area contributed by atoms with Gasteiger partial charge in [0.05, 0.1) is 6.61 Å². The predicted molar refractivity (Wildman–Crippen MR) is 106 cm³/mol. The van der Waals surface area contributed by atoms with Crippen LogP contribution in [0.1, 0.15) is 78.1 Å². The van der Waals surface area contributed by atoms with Gasteiger partial charge < -0.3 is 9.42 Å². The van der Waals surface area contributed by atoms with Gasteiger partial charge in [-0.25, -0.2) is 0 Å². The van der Waals surface area contributed by atoms with Gasteiger partial charge in [0.1, 0.15) is 0 Å². The zero-order chi connectivity index (χ0) is 17.9. The van der Waals surface area contributed by atoms with E-state index in [-0.39, 0.29) is 0 Å². The molecule has 0 fully saturated rings. The highest BCUT2D eigenvalue weighted by atomic mass is 31.1. The molecule has 0 spiro atoms. The highest BCUT2D eigenvalue weighted by molar-refractivity contribution is 7.32. The summed E-state index contributed by atoms with van der Waals surface area (Å²) in [5.41, 5.74) is 0. The lowest BCUT2D eigenvalue weighted by Crippen LogP contribution is -2.05. The first-order valence-electron chi connectivity index (χ1n) is 9.51. The van der Waals surface area contributed by atoms with Crippen molar-refractivity contribution in [1.29, 1.82) is 0 Å². The molecule has 0 radical (unpaired) electrons. The molecule has 0 amide bonds. The van der Waals surface area contributed by atoms with E-state index >= 15 is 0 Å². The van der Waals surface area contributed by atoms with Crippen LogP contribution in [0.25, 0.3) is 0 Å². The molecule has 0 aromatic rings. The summed E-state index contributed by atoms with van der Waals surface area (Å²) in [6, 6.07) is 0. The van der Waals surface area contributed by atoms with Crippen LogP contribution >= 0.6 is 8.25 Å². The first-order valence-corrected chi connectivity index (χ1v) is 10.8. The van der Waals surface area contributed by atoms with E-state index in [1.807, 2.05) is 0 Å².